The molecule has 2 N–H and O–H groups in total. The largest absolute Gasteiger partial charge is 0.481 e. The van der Waals surface area contributed by atoms with Gasteiger partial charge in [-0.2, -0.15) is 0 Å². The van der Waals surface area contributed by atoms with Crippen LogP contribution in [0.4, 0.5) is 0 Å². The van der Waals surface area contributed by atoms with E-state index >= 15 is 0 Å². The molecule has 0 bridgehead atoms. The molecule has 1 aromatic carbocycles. The molecule has 2 aliphatic rings. The predicted molar refractivity (Wildman–Crippen MR) is 81.4 cm³/mol. The minimum absolute atomic E-state index is 0.0145. The highest BCUT2D eigenvalue weighted by Gasteiger charge is 2.40. The maximum atomic E-state index is 12.5. The number of fused-ring (bicyclic) bond motifs is 1. The summed E-state index contributed by atoms with van der Waals surface area (Å²) in [6.07, 6.45) is 4.29. The SMILES string of the molecule is O=C(O)CC1(NC(=O)C2Cc3ccccc3S2)CCCC1. The smallest absolute Gasteiger partial charge is 0.305 e. The zero-order valence-corrected chi connectivity index (χ0v) is 12.6. The van der Waals surface area contributed by atoms with Gasteiger partial charge in [-0.15, -0.1) is 11.8 Å². The molecule has 0 spiro atoms. The molecular formula is C16H19NO3S. The molecule has 4 nitrogen and oxygen atoms in total. The van der Waals surface area contributed by atoms with E-state index in [2.05, 4.69) is 11.4 Å². The van der Waals surface area contributed by atoms with Crippen LogP contribution < -0.4 is 5.32 Å². The van der Waals surface area contributed by atoms with Crippen LogP contribution in [0.25, 0.3) is 0 Å². The van der Waals surface area contributed by atoms with Crippen molar-refractivity contribution in [1.29, 1.82) is 0 Å². The first-order valence-corrected chi connectivity index (χ1v) is 8.24. The Hall–Kier alpha value is -1.49. The Bertz CT molecular complexity index is 541. The van der Waals surface area contributed by atoms with Gasteiger partial charge in [-0.1, -0.05) is 31.0 Å². The molecular weight excluding hydrogens is 286 g/mol. The number of carbonyl (C=O) groups is 2. The third kappa shape index (κ3) is 3.07. The highest BCUT2D eigenvalue weighted by atomic mass is 32.2. The van der Waals surface area contributed by atoms with Crippen molar-refractivity contribution in [3.63, 3.8) is 0 Å². The molecule has 1 saturated carbocycles. The molecule has 1 unspecified atom stereocenters. The topological polar surface area (TPSA) is 66.4 Å². The Morgan fingerprint density at radius 2 is 2.00 bits per heavy atom. The van der Waals surface area contributed by atoms with Crippen LogP contribution in [0.2, 0.25) is 0 Å². The maximum Gasteiger partial charge on any atom is 0.305 e. The molecule has 3 rings (SSSR count). The summed E-state index contributed by atoms with van der Waals surface area (Å²) in [5, 5.41) is 12.0. The zero-order chi connectivity index (χ0) is 14.9. The van der Waals surface area contributed by atoms with Crippen molar-refractivity contribution < 1.29 is 14.7 Å². The number of amides is 1. The molecule has 1 aliphatic carbocycles. The van der Waals surface area contributed by atoms with Crippen molar-refractivity contribution in [3.8, 4) is 0 Å². The van der Waals surface area contributed by atoms with Crippen LogP contribution in [0.3, 0.4) is 0 Å². The van der Waals surface area contributed by atoms with E-state index < -0.39 is 11.5 Å². The van der Waals surface area contributed by atoms with E-state index in [9.17, 15) is 9.59 Å². The minimum atomic E-state index is -0.834. The van der Waals surface area contributed by atoms with Crippen LogP contribution in [0.1, 0.15) is 37.7 Å². The van der Waals surface area contributed by atoms with Gasteiger partial charge in [0, 0.05) is 4.90 Å². The normalized spacial score (nSPS) is 22.8. The monoisotopic (exact) mass is 305 g/mol. The van der Waals surface area contributed by atoms with Crippen molar-refractivity contribution in [2.24, 2.45) is 0 Å². The lowest BCUT2D eigenvalue weighted by Crippen LogP contribution is -2.50. The van der Waals surface area contributed by atoms with Gasteiger partial charge in [-0.3, -0.25) is 9.59 Å². The molecule has 112 valence electrons. The number of carboxylic acids is 1. The quantitative estimate of drug-likeness (QED) is 0.897. The summed E-state index contributed by atoms with van der Waals surface area (Å²) < 4.78 is 0. The molecule has 1 aliphatic heterocycles. The summed E-state index contributed by atoms with van der Waals surface area (Å²) in [7, 11) is 0. The predicted octanol–water partition coefficient (Wildman–Crippen LogP) is 2.61. The number of hydrogen-bond acceptors (Lipinski definition) is 3. The number of hydrogen-bond donors (Lipinski definition) is 2. The summed E-state index contributed by atoms with van der Waals surface area (Å²) in [6, 6.07) is 8.06. The number of aliphatic carboxylic acids is 1. The fourth-order valence-electron chi connectivity index (χ4n) is 3.36. The fourth-order valence-corrected chi connectivity index (χ4v) is 4.55. The lowest BCUT2D eigenvalue weighted by Gasteiger charge is -2.29. The van der Waals surface area contributed by atoms with Crippen LogP contribution in [-0.2, 0) is 16.0 Å². The van der Waals surface area contributed by atoms with Gasteiger partial charge in [-0.25, -0.2) is 0 Å². The molecule has 1 fully saturated rings. The van der Waals surface area contributed by atoms with E-state index in [-0.39, 0.29) is 17.6 Å². The lowest BCUT2D eigenvalue weighted by atomic mass is 9.92. The number of carboxylic acid groups (broad SMARTS) is 1. The van der Waals surface area contributed by atoms with E-state index in [1.165, 1.54) is 5.56 Å². The standard InChI is InChI=1S/C16H19NO3S/c18-14(19)10-16(7-3-4-8-16)17-15(20)13-9-11-5-1-2-6-12(11)21-13/h1-2,5-6,13H,3-4,7-10H2,(H,17,20)(H,18,19). The first-order chi connectivity index (χ1) is 10.1. The molecule has 0 radical (unpaired) electrons. The van der Waals surface area contributed by atoms with Crippen LogP contribution in [0, 0.1) is 0 Å². The van der Waals surface area contributed by atoms with Crippen molar-refractivity contribution >= 4 is 23.6 Å². The molecule has 1 atom stereocenters. The Balaban J connectivity index is 1.68. The van der Waals surface area contributed by atoms with Crippen molar-refractivity contribution in [3.05, 3.63) is 29.8 Å². The van der Waals surface area contributed by atoms with Gasteiger partial charge in [0.25, 0.3) is 0 Å². The van der Waals surface area contributed by atoms with Gasteiger partial charge in [-0.05, 0) is 30.9 Å². The fraction of sp³-hybridized carbons (Fsp3) is 0.500. The van der Waals surface area contributed by atoms with E-state index in [0.717, 1.165) is 37.0 Å². The van der Waals surface area contributed by atoms with Gasteiger partial charge < -0.3 is 10.4 Å². The Morgan fingerprint density at radius 3 is 2.67 bits per heavy atom. The number of carbonyl (C=O) groups excluding carboxylic acids is 1. The Morgan fingerprint density at radius 1 is 1.29 bits per heavy atom. The van der Waals surface area contributed by atoms with Crippen LogP contribution in [-0.4, -0.2) is 27.8 Å². The van der Waals surface area contributed by atoms with Crippen molar-refractivity contribution in [2.45, 2.75) is 54.2 Å². The molecule has 5 heteroatoms. The molecule has 0 aromatic heterocycles. The summed E-state index contributed by atoms with van der Waals surface area (Å²) in [6.45, 7) is 0. The number of nitrogens with one attached hydrogen (secondary N) is 1. The van der Waals surface area contributed by atoms with Gasteiger partial charge in [0.1, 0.15) is 0 Å². The lowest BCUT2D eigenvalue weighted by molar-refractivity contribution is -0.139. The summed E-state index contributed by atoms with van der Waals surface area (Å²) >= 11 is 1.59. The Kier molecular flexibility index (Phi) is 3.93. The third-order valence-electron chi connectivity index (χ3n) is 4.38. The average molecular weight is 305 g/mol. The molecule has 21 heavy (non-hydrogen) atoms. The van der Waals surface area contributed by atoms with Gasteiger partial charge in [0.15, 0.2) is 0 Å². The van der Waals surface area contributed by atoms with Crippen molar-refractivity contribution in [2.75, 3.05) is 0 Å². The maximum absolute atomic E-state index is 12.5. The highest BCUT2D eigenvalue weighted by Crippen LogP contribution is 2.38. The molecule has 1 heterocycles. The summed E-state index contributed by atoms with van der Waals surface area (Å²) in [5.74, 6) is -0.848. The summed E-state index contributed by atoms with van der Waals surface area (Å²) in [5.41, 5.74) is 0.680. The van der Waals surface area contributed by atoms with E-state index in [1.54, 1.807) is 11.8 Å². The first kappa shape index (κ1) is 14.4. The van der Waals surface area contributed by atoms with Crippen molar-refractivity contribution in [1.82, 2.24) is 5.32 Å². The van der Waals surface area contributed by atoms with Crippen LogP contribution >= 0.6 is 11.8 Å². The van der Waals surface area contributed by atoms with Gasteiger partial charge in [0.2, 0.25) is 5.91 Å². The van der Waals surface area contributed by atoms with Crippen LogP contribution in [0.5, 0.6) is 0 Å². The number of thioether (sulfide) groups is 1. The molecule has 0 saturated heterocycles. The van der Waals surface area contributed by atoms with Gasteiger partial charge in [0.05, 0.1) is 17.2 Å². The first-order valence-electron chi connectivity index (χ1n) is 7.36. The second kappa shape index (κ2) is 5.72. The average Bonchev–Trinajstić information content (AvgIpc) is 3.04. The molecule has 1 aromatic rings. The van der Waals surface area contributed by atoms with Gasteiger partial charge >= 0.3 is 5.97 Å². The highest BCUT2D eigenvalue weighted by molar-refractivity contribution is 8.01. The zero-order valence-electron chi connectivity index (χ0n) is 11.8. The van der Waals surface area contributed by atoms with Crippen LogP contribution in [0.15, 0.2) is 29.2 Å². The second-order valence-corrected chi connectivity index (χ2v) is 7.21. The van der Waals surface area contributed by atoms with E-state index in [4.69, 9.17) is 5.11 Å². The Labute approximate surface area is 128 Å². The number of benzene rings is 1. The second-order valence-electron chi connectivity index (χ2n) is 5.97. The number of rotatable bonds is 4. The third-order valence-corrected chi connectivity index (χ3v) is 5.70. The van der Waals surface area contributed by atoms with E-state index in [1.807, 2.05) is 18.2 Å². The minimum Gasteiger partial charge on any atom is -0.481 e. The summed E-state index contributed by atoms with van der Waals surface area (Å²) in [4.78, 5) is 24.8. The van der Waals surface area contributed by atoms with E-state index in [0.29, 0.717) is 0 Å². The molecule has 1 amide bonds.